The normalized spacial score (nSPS) is 9.92. The van der Waals surface area contributed by atoms with Crippen LogP contribution < -0.4 is 5.32 Å². The zero-order valence-electron chi connectivity index (χ0n) is 8.37. The third-order valence-corrected chi connectivity index (χ3v) is 2.06. The Morgan fingerprint density at radius 2 is 1.77 bits per heavy atom. The largest absolute Gasteiger partial charge is 0.285 e. The van der Waals surface area contributed by atoms with E-state index in [0.29, 0.717) is 0 Å². The number of benzene rings is 1. The van der Waals surface area contributed by atoms with Gasteiger partial charge in [0.1, 0.15) is 0 Å². The quantitative estimate of drug-likeness (QED) is 0.589. The molecule has 71 valence electrons. The molecule has 1 nitrogen and oxygen atoms in total. The van der Waals surface area contributed by atoms with Crippen molar-refractivity contribution in [1.29, 1.82) is 0 Å². The molecule has 1 rings (SSSR count). The van der Waals surface area contributed by atoms with Gasteiger partial charge in [-0.3, -0.25) is 5.32 Å². The molecular formula is C12H18N. The molecule has 1 radical (unpaired) electrons. The van der Waals surface area contributed by atoms with Crippen LogP contribution in [0.2, 0.25) is 0 Å². The van der Waals surface area contributed by atoms with Gasteiger partial charge in [-0.15, -0.1) is 0 Å². The number of rotatable bonds is 6. The van der Waals surface area contributed by atoms with E-state index in [1.54, 1.807) is 0 Å². The van der Waals surface area contributed by atoms with Crippen molar-refractivity contribution in [3.8, 4) is 0 Å². The molecule has 0 aliphatic rings. The van der Waals surface area contributed by atoms with Gasteiger partial charge in [-0.25, -0.2) is 0 Å². The summed E-state index contributed by atoms with van der Waals surface area (Å²) in [4.78, 5) is 0. The molecule has 0 unspecified atom stereocenters. The van der Waals surface area contributed by atoms with Crippen molar-refractivity contribution in [2.75, 3.05) is 6.54 Å². The fourth-order valence-electron chi connectivity index (χ4n) is 1.28. The molecule has 0 fully saturated rings. The summed E-state index contributed by atoms with van der Waals surface area (Å²) in [6.07, 6.45) is 5.17. The van der Waals surface area contributed by atoms with Crippen LogP contribution >= 0.6 is 0 Å². The number of para-hydroxylation sites is 1. The Morgan fingerprint density at radius 3 is 2.46 bits per heavy atom. The first-order valence-electron chi connectivity index (χ1n) is 5.16. The highest BCUT2D eigenvalue weighted by atomic mass is 14.9. The lowest BCUT2D eigenvalue weighted by Crippen LogP contribution is -1.99. The minimum Gasteiger partial charge on any atom is -0.285 e. The molecule has 0 bridgehead atoms. The third kappa shape index (κ3) is 4.56. The minimum atomic E-state index is 0.976. The average molecular weight is 176 g/mol. The van der Waals surface area contributed by atoms with Gasteiger partial charge in [0, 0.05) is 6.54 Å². The van der Waals surface area contributed by atoms with Crippen LogP contribution in [0.3, 0.4) is 0 Å². The van der Waals surface area contributed by atoms with E-state index >= 15 is 0 Å². The van der Waals surface area contributed by atoms with E-state index in [0.717, 1.165) is 12.2 Å². The lowest BCUT2D eigenvalue weighted by atomic mass is 10.2. The van der Waals surface area contributed by atoms with Crippen LogP contribution in [-0.2, 0) is 0 Å². The summed E-state index contributed by atoms with van der Waals surface area (Å²) in [6, 6.07) is 10.2. The Hall–Kier alpha value is -0.980. The van der Waals surface area contributed by atoms with Gasteiger partial charge < -0.3 is 0 Å². The summed E-state index contributed by atoms with van der Waals surface area (Å²) in [5, 5.41) is 4.48. The van der Waals surface area contributed by atoms with Crippen molar-refractivity contribution in [3.63, 3.8) is 0 Å². The minimum absolute atomic E-state index is 0.976. The van der Waals surface area contributed by atoms with Crippen LogP contribution in [0.25, 0.3) is 0 Å². The smallest absolute Gasteiger partial charge is 0.0574 e. The van der Waals surface area contributed by atoms with Crippen molar-refractivity contribution in [2.45, 2.75) is 32.6 Å². The molecule has 0 aliphatic heterocycles. The number of hydrogen-bond acceptors (Lipinski definition) is 0. The summed E-state index contributed by atoms with van der Waals surface area (Å²) in [5.74, 6) is 0. The second-order valence-electron chi connectivity index (χ2n) is 3.28. The first kappa shape index (κ1) is 10.1. The van der Waals surface area contributed by atoms with Crippen molar-refractivity contribution < 1.29 is 0 Å². The molecule has 0 spiro atoms. The predicted octanol–water partition coefficient (Wildman–Crippen LogP) is 3.50. The first-order chi connectivity index (χ1) is 6.43. The second-order valence-corrected chi connectivity index (χ2v) is 3.28. The summed E-state index contributed by atoms with van der Waals surface area (Å²) in [5.41, 5.74) is 1.11. The number of unbranched alkanes of at least 4 members (excludes halogenated alkanes) is 3. The van der Waals surface area contributed by atoms with Crippen LogP contribution in [0.15, 0.2) is 30.3 Å². The second kappa shape index (κ2) is 6.53. The molecular weight excluding hydrogens is 158 g/mol. The molecule has 0 heterocycles. The van der Waals surface area contributed by atoms with E-state index in [9.17, 15) is 0 Å². The Kier molecular flexibility index (Phi) is 5.07. The highest BCUT2D eigenvalue weighted by molar-refractivity contribution is 5.34. The van der Waals surface area contributed by atoms with Gasteiger partial charge in [-0.1, -0.05) is 44.4 Å². The molecule has 1 aromatic carbocycles. The molecule has 0 saturated carbocycles. The van der Waals surface area contributed by atoms with Crippen molar-refractivity contribution in [1.82, 2.24) is 5.32 Å². The molecule has 0 atom stereocenters. The molecule has 0 saturated heterocycles. The third-order valence-electron chi connectivity index (χ3n) is 2.06. The number of hydrogen-bond donors (Lipinski definition) is 0. The average Bonchev–Trinajstić information content (AvgIpc) is 2.19. The molecule has 1 aromatic rings. The van der Waals surface area contributed by atoms with Gasteiger partial charge in [0.2, 0.25) is 0 Å². The van der Waals surface area contributed by atoms with Crippen LogP contribution in [0, 0.1) is 0 Å². The van der Waals surface area contributed by atoms with E-state index in [4.69, 9.17) is 0 Å². The van der Waals surface area contributed by atoms with Crippen molar-refractivity contribution in [3.05, 3.63) is 30.3 Å². The summed E-state index contributed by atoms with van der Waals surface area (Å²) in [7, 11) is 0. The van der Waals surface area contributed by atoms with E-state index in [2.05, 4.69) is 24.4 Å². The molecule has 0 aliphatic carbocycles. The van der Waals surface area contributed by atoms with E-state index in [1.165, 1.54) is 25.7 Å². The summed E-state index contributed by atoms with van der Waals surface area (Å²) in [6.45, 7) is 3.21. The Labute approximate surface area is 81.2 Å². The molecule has 0 amide bonds. The standard InChI is InChI=1S/C12H18N/c1-2-3-4-8-11-13-12-9-6-5-7-10-12/h5-7,9-10H,2-4,8,11H2,1H3. The maximum absolute atomic E-state index is 4.48. The predicted molar refractivity (Wildman–Crippen MR) is 57.2 cm³/mol. The van der Waals surface area contributed by atoms with E-state index in [1.807, 2.05) is 18.2 Å². The summed E-state index contributed by atoms with van der Waals surface area (Å²) >= 11 is 0. The Balaban J connectivity index is 2.07. The topological polar surface area (TPSA) is 14.1 Å². The zero-order valence-corrected chi connectivity index (χ0v) is 8.37. The molecule has 1 heteroatoms. The molecule has 0 aromatic heterocycles. The van der Waals surface area contributed by atoms with Crippen LogP contribution in [0.4, 0.5) is 5.69 Å². The van der Waals surface area contributed by atoms with Crippen LogP contribution in [0.5, 0.6) is 0 Å². The molecule has 13 heavy (non-hydrogen) atoms. The van der Waals surface area contributed by atoms with E-state index in [-0.39, 0.29) is 0 Å². The van der Waals surface area contributed by atoms with Gasteiger partial charge in [0.15, 0.2) is 0 Å². The summed E-state index contributed by atoms with van der Waals surface area (Å²) < 4.78 is 0. The highest BCUT2D eigenvalue weighted by Crippen LogP contribution is 2.06. The van der Waals surface area contributed by atoms with Gasteiger partial charge in [-0.2, -0.15) is 0 Å². The molecule has 0 N–H and O–H groups in total. The van der Waals surface area contributed by atoms with Gasteiger partial charge in [0.25, 0.3) is 0 Å². The Morgan fingerprint density at radius 1 is 1.00 bits per heavy atom. The van der Waals surface area contributed by atoms with E-state index < -0.39 is 0 Å². The lowest BCUT2D eigenvalue weighted by molar-refractivity contribution is 0.644. The fourth-order valence-corrected chi connectivity index (χ4v) is 1.28. The van der Waals surface area contributed by atoms with Gasteiger partial charge in [-0.05, 0) is 18.6 Å². The first-order valence-corrected chi connectivity index (χ1v) is 5.16. The van der Waals surface area contributed by atoms with Gasteiger partial charge >= 0.3 is 0 Å². The van der Waals surface area contributed by atoms with Gasteiger partial charge in [0.05, 0.1) is 5.69 Å². The fraction of sp³-hybridized carbons (Fsp3) is 0.500. The van der Waals surface area contributed by atoms with Crippen LogP contribution in [-0.4, -0.2) is 6.54 Å². The van der Waals surface area contributed by atoms with Crippen molar-refractivity contribution in [2.24, 2.45) is 0 Å². The van der Waals surface area contributed by atoms with Crippen LogP contribution in [0.1, 0.15) is 32.6 Å². The lowest BCUT2D eigenvalue weighted by Gasteiger charge is -2.01. The number of nitrogens with zero attached hydrogens (tertiary/aromatic N) is 1. The monoisotopic (exact) mass is 176 g/mol. The van der Waals surface area contributed by atoms with Crippen molar-refractivity contribution >= 4 is 5.69 Å². The maximum atomic E-state index is 4.48. The maximum Gasteiger partial charge on any atom is 0.0574 e. The highest BCUT2D eigenvalue weighted by Gasteiger charge is 1.91. The Bertz CT molecular complexity index is 206. The zero-order chi connectivity index (χ0) is 9.36. The SMILES string of the molecule is CCCCCC[N]c1ccccc1.